The molecule has 0 spiro atoms. The summed E-state index contributed by atoms with van der Waals surface area (Å²) in [5, 5.41) is 6.06. The highest BCUT2D eigenvalue weighted by Crippen LogP contribution is 2.31. The molecule has 1 heterocycles. The molecular weight excluding hydrogens is 384 g/mol. The summed E-state index contributed by atoms with van der Waals surface area (Å²) in [6.45, 7) is 0.362. The van der Waals surface area contributed by atoms with Gasteiger partial charge in [0.05, 0.1) is 25.8 Å². The minimum Gasteiger partial charge on any atom is -0.497 e. The zero-order valence-electron chi connectivity index (χ0n) is 15.6. The molecule has 0 saturated carbocycles. The summed E-state index contributed by atoms with van der Waals surface area (Å²) < 4.78 is 16.2. The molecule has 0 aliphatic carbocycles. The number of ether oxygens (including phenoxy) is 3. The van der Waals surface area contributed by atoms with Gasteiger partial charge in [-0.1, -0.05) is 11.6 Å². The Morgan fingerprint density at radius 1 is 1.25 bits per heavy atom. The second kappa shape index (κ2) is 8.84. The molecule has 7 nitrogen and oxygen atoms in total. The third kappa shape index (κ3) is 4.67. The Morgan fingerprint density at radius 3 is 2.82 bits per heavy atom. The van der Waals surface area contributed by atoms with E-state index in [1.165, 1.54) is 0 Å². The standard InChI is InChI=1S/C20H21ClN2O5/c1-26-15-4-6-17(27-2)12(7-15)10-22-19(24)8-13-11-28-18-5-3-14(21)9-16(18)23-20(13)25/h3-7,9,13H,8,10-11H2,1-2H3,(H,22,24)(H,23,25). The van der Waals surface area contributed by atoms with Gasteiger partial charge < -0.3 is 24.8 Å². The molecule has 2 amide bonds. The number of amides is 2. The number of methoxy groups -OCH3 is 2. The third-order valence-corrected chi connectivity index (χ3v) is 4.64. The summed E-state index contributed by atoms with van der Waals surface area (Å²) in [6, 6.07) is 10.3. The Labute approximate surface area is 167 Å². The molecule has 28 heavy (non-hydrogen) atoms. The molecule has 0 bridgehead atoms. The highest BCUT2D eigenvalue weighted by atomic mass is 35.5. The lowest BCUT2D eigenvalue weighted by Crippen LogP contribution is -2.32. The van der Waals surface area contributed by atoms with E-state index in [4.69, 9.17) is 25.8 Å². The first-order chi connectivity index (χ1) is 13.5. The average molecular weight is 405 g/mol. The van der Waals surface area contributed by atoms with E-state index in [1.807, 2.05) is 0 Å². The number of fused-ring (bicyclic) bond motifs is 1. The summed E-state index contributed by atoms with van der Waals surface area (Å²) in [4.78, 5) is 24.8. The van der Waals surface area contributed by atoms with Crippen LogP contribution in [0.2, 0.25) is 5.02 Å². The van der Waals surface area contributed by atoms with Crippen molar-refractivity contribution in [1.82, 2.24) is 5.32 Å². The maximum absolute atomic E-state index is 12.4. The topological polar surface area (TPSA) is 85.9 Å². The zero-order chi connectivity index (χ0) is 20.1. The third-order valence-electron chi connectivity index (χ3n) is 4.41. The fraction of sp³-hybridized carbons (Fsp3) is 0.300. The van der Waals surface area contributed by atoms with Crippen molar-refractivity contribution < 1.29 is 23.8 Å². The van der Waals surface area contributed by atoms with Gasteiger partial charge in [0.15, 0.2) is 0 Å². The maximum Gasteiger partial charge on any atom is 0.231 e. The molecule has 1 aliphatic rings. The van der Waals surface area contributed by atoms with Gasteiger partial charge in [-0.25, -0.2) is 0 Å². The number of anilines is 1. The fourth-order valence-electron chi connectivity index (χ4n) is 2.89. The number of hydrogen-bond acceptors (Lipinski definition) is 5. The molecule has 2 aromatic rings. The maximum atomic E-state index is 12.4. The van der Waals surface area contributed by atoms with E-state index in [1.54, 1.807) is 50.6 Å². The molecule has 2 N–H and O–H groups in total. The SMILES string of the molecule is COc1ccc(OC)c(CNC(=O)CC2COc3ccc(Cl)cc3NC2=O)c1. The first kappa shape index (κ1) is 19.8. The molecular formula is C20H21ClN2O5. The van der Waals surface area contributed by atoms with E-state index < -0.39 is 5.92 Å². The van der Waals surface area contributed by atoms with Gasteiger partial charge in [-0.15, -0.1) is 0 Å². The first-order valence-corrected chi connectivity index (χ1v) is 9.08. The molecule has 0 saturated heterocycles. The van der Waals surface area contributed by atoms with Crippen molar-refractivity contribution in [2.45, 2.75) is 13.0 Å². The summed E-state index contributed by atoms with van der Waals surface area (Å²) in [7, 11) is 3.13. The van der Waals surface area contributed by atoms with Crippen molar-refractivity contribution in [3.8, 4) is 17.2 Å². The van der Waals surface area contributed by atoms with Crippen LogP contribution in [0.5, 0.6) is 17.2 Å². The lowest BCUT2D eigenvalue weighted by molar-refractivity contribution is -0.128. The molecule has 1 atom stereocenters. The minimum absolute atomic E-state index is 0.000161. The molecule has 2 aromatic carbocycles. The van der Waals surface area contributed by atoms with Gasteiger partial charge in [-0.05, 0) is 36.4 Å². The Balaban J connectivity index is 1.60. The van der Waals surface area contributed by atoms with Crippen molar-refractivity contribution >= 4 is 29.1 Å². The molecule has 3 rings (SSSR count). The summed E-state index contributed by atoms with van der Waals surface area (Å²) >= 11 is 5.95. The molecule has 8 heteroatoms. The molecule has 1 aliphatic heterocycles. The highest BCUT2D eigenvalue weighted by Gasteiger charge is 2.27. The number of carbonyl (C=O) groups is 2. The van der Waals surface area contributed by atoms with Crippen LogP contribution in [0.3, 0.4) is 0 Å². The first-order valence-electron chi connectivity index (χ1n) is 8.71. The van der Waals surface area contributed by atoms with E-state index in [0.717, 1.165) is 5.56 Å². The normalized spacial score (nSPS) is 15.5. The number of rotatable bonds is 6. The van der Waals surface area contributed by atoms with Crippen LogP contribution < -0.4 is 24.8 Å². The zero-order valence-corrected chi connectivity index (χ0v) is 16.3. The van der Waals surface area contributed by atoms with E-state index >= 15 is 0 Å². The Hall–Kier alpha value is -2.93. The monoisotopic (exact) mass is 404 g/mol. The lowest BCUT2D eigenvalue weighted by atomic mass is 10.1. The van der Waals surface area contributed by atoms with E-state index in [0.29, 0.717) is 28.0 Å². The Morgan fingerprint density at radius 2 is 2.07 bits per heavy atom. The van der Waals surface area contributed by atoms with Crippen LogP contribution in [0.25, 0.3) is 0 Å². The van der Waals surface area contributed by atoms with Crippen molar-refractivity contribution in [2.75, 3.05) is 26.1 Å². The van der Waals surface area contributed by atoms with Gasteiger partial charge in [-0.3, -0.25) is 9.59 Å². The van der Waals surface area contributed by atoms with Crippen LogP contribution in [0.15, 0.2) is 36.4 Å². The number of hydrogen-bond donors (Lipinski definition) is 2. The lowest BCUT2D eigenvalue weighted by Gasteiger charge is -2.14. The van der Waals surface area contributed by atoms with Crippen LogP contribution in [0.1, 0.15) is 12.0 Å². The number of carbonyl (C=O) groups excluding carboxylic acids is 2. The molecule has 0 aromatic heterocycles. The van der Waals surface area contributed by atoms with Gasteiger partial charge in [0, 0.05) is 23.6 Å². The molecule has 0 fully saturated rings. The van der Waals surface area contributed by atoms with Crippen molar-refractivity contribution in [2.24, 2.45) is 5.92 Å². The number of benzene rings is 2. The Kier molecular flexibility index (Phi) is 6.26. The number of halogens is 1. The molecule has 0 radical (unpaired) electrons. The molecule has 1 unspecified atom stereocenters. The summed E-state index contributed by atoms with van der Waals surface area (Å²) in [5.74, 6) is 0.676. The van der Waals surface area contributed by atoms with Gasteiger partial charge in [-0.2, -0.15) is 0 Å². The van der Waals surface area contributed by atoms with Crippen LogP contribution in [-0.2, 0) is 16.1 Å². The summed E-state index contributed by atoms with van der Waals surface area (Å²) in [6.07, 6.45) is -0.000161. The molecule has 148 valence electrons. The van der Waals surface area contributed by atoms with E-state index in [9.17, 15) is 9.59 Å². The highest BCUT2D eigenvalue weighted by molar-refractivity contribution is 6.31. The van der Waals surface area contributed by atoms with Crippen molar-refractivity contribution in [3.63, 3.8) is 0 Å². The fourth-order valence-corrected chi connectivity index (χ4v) is 3.06. The predicted octanol–water partition coefficient (Wildman–Crippen LogP) is 3.01. The average Bonchev–Trinajstić information content (AvgIpc) is 2.84. The summed E-state index contributed by atoms with van der Waals surface area (Å²) in [5.41, 5.74) is 1.28. The second-order valence-corrected chi connectivity index (χ2v) is 6.73. The van der Waals surface area contributed by atoms with Crippen molar-refractivity contribution in [1.29, 1.82) is 0 Å². The van der Waals surface area contributed by atoms with Gasteiger partial charge >= 0.3 is 0 Å². The van der Waals surface area contributed by atoms with Gasteiger partial charge in [0.2, 0.25) is 11.8 Å². The quantitative estimate of drug-likeness (QED) is 0.773. The smallest absolute Gasteiger partial charge is 0.231 e. The Bertz CT molecular complexity index is 887. The van der Waals surface area contributed by atoms with Crippen LogP contribution in [0, 0.1) is 5.92 Å². The van der Waals surface area contributed by atoms with Crippen LogP contribution >= 0.6 is 11.6 Å². The predicted molar refractivity (Wildman–Crippen MR) is 105 cm³/mol. The van der Waals surface area contributed by atoms with E-state index in [2.05, 4.69) is 10.6 Å². The number of nitrogens with one attached hydrogen (secondary N) is 2. The van der Waals surface area contributed by atoms with Crippen LogP contribution in [-0.4, -0.2) is 32.6 Å². The van der Waals surface area contributed by atoms with E-state index in [-0.39, 0.29) is 31.4 Å². The van der Waals surface area contributed by atoms with Gasteiger partial charge in [0.25, 0.3) is 0 Å². The van der Waals surface area contributed by atoms with Crippen LogP contribution in [0.4, 0.5) is 5.69 Å². The largest absolute Gasteiger partial charge is 0.497 e. The minimum atomic E-state index is -0.613. The van der Waals surface area contributed by atoms with Gasteiger partial charge in [0.1, 0.15) is 23.9 Å². The van der Waals surface area contributed by atoms with Crippen molar-refractivity contribution in [3.05, 3.63) is 47.0 Å². The second-order valence-electron chi connectivity index (χ2n) is 6.30.